The van der Waals surface area contributed by atoms with Crippen LogP contribution in [-0.2, 0) is 0 Å². The molecule has 0 fully saturated rings. The van der Waals surface area contributed by atoms with E-state index in [1.54, 1.807) is 0 Å². The van der Waals surface area contributed by atoms with Gasteiger partial charge >= 0.3 is 5.97 Å². The van der Waals surface area contributed by atoms with Gasteiger partial charge in [0.1, 0.15) is 16.9 Å². The van der Waals surface area contributed by atoms with E-state index in [-0.39, 0.29) is 17.1 Å². The minimum atomic E-state index is -1.47. The van der Waals surface area contributed by atoms with E-state index in [1.807, 2.05) is 0 Å². The van der Waals surface area contributed by atoms with Gasteiger partial charge in [-0.1, -0.05) is 6.07 Å². The van der Waals surface area contributed by atoms with Crippen molar-refractivity contribution in [2.75, 3.05) is 12.4 Å². The molecule has 1 aromatic carbocycles. The molecule has 1 aromatic heterocycles. The predicted octanol–water partition coefficient (Wildman–Crippen LogP) is 2.18. The fraction of sp³-hybridized carbons (Fsp3) is 0.0714. The highest BCUT2D eigenvalue weighted by Gasteiger charge is 2.19. The number of benzene rings is 1. The van der Waals surface area contributed by atoms with Gasteiger partial charge in [0.25, 0.3) is 5.91 Å². The van der Waals surface area contributed by atoms with Gasteiger partial charge in [-0.15, -0.1) is 0 Å². The third-order valence-corrected chi connectivity index (χ3v) is 2.68. The van der Waals surface area contributed by atoms with E-state index < -0.39 is 23.3 Å². The molecule has 2 aromatic rings. The van der Waals surface area contributed by atoms with Crippen molar-refractivity contribution in [1.82, 2.24) is 4.98 Å². The molecule has 21 heavy (non-hydrogen) atoms. The van der Waals surface area contributed by atoms with Gasteiger partial charge in [0.15, 0.2) is 0 Å². The number of pyridine rings is 1. The van der Waals surface area contributed by atoms with Crippen LogP contribution in [0.15, 0.2) is 36.5 Å². The molecule has 1 amide bonds. The SMILES string of the molecule is COc1ncccc1C(=O)Nc1cccc(F)c1C(=O)O. The quantitative estimate of drug-likeness (QED) is 0.901. The standard InChI is InChI=1S/C14H11FN2O4/c1-21-13-8(4-3-7-16-13)12(18)17-10-6-2-5-9(15)11(10)14(19)20/h2-7H,1H3,(H,17,18)(H,19,20). The predicted molar refractivity (Wildman–Crippen MR) is 72.1 cm³/mol. The Bertz CT molecular complexity index is 703. The summed E-state index contributed by atoms with van der Waals surface area (Å²) in [5, 5.41) is 11.3. The molecule has 0 atom stereocenters. The van der Waals surface area contributed by atoms with Crippen molar-refractivity contribution in [3.8, 4) is 5.88 Å². The maximum absolute atomic E-state index is 13.5. The Labute approximate surface area is 119 Å². The lowest BCUT2D eigenvalue weighted by Gasteiger charge is -2.10. The van der Waals surface area contributed by atoms with Crippen molar-refractivity contribution in [3.05, 3.63) is 53.5 Å². The van der Waals surface area contributed by atoms with E-state index in [0.717, 1.165) is 6.07 Å². The van der Waals surface area contributed by atoms with Crippen LogP contribution in [0, 0.1) is 5.82 Å². The van der Waals surface area contributed by atoms with Gasteiger partial charge in [0.2, 0.25) is 5.88 Å². The summed E-state index contributed by atoms with van der Waals surface area (Å²) in [6.07, 6.45) is 1.44. The number of amides is 1. The molecule has 0 saturated heterocycles. The van der Waals surface area contributed by atoms with Crippen molar-refractivity contribution in [3.63, 3.8) is 0 Å². The number of nitrogens with one attached hydrogen (secondary N) is 1. The fourth-order valence-corrected chi connectivity index (χ4v) is 1.76. The van der Waals surface area contributed by atoms with Crippen LogP contribution in [0.4, 0.5) is 10.1 Å². The zero-order valence-corrected chi connectivity index (χ0v) is 11.0. The number of aromatic carboxylic acids is 1. The first-order valence-electron chi connectivity index (χ1n) is 5.86. The van der Waals surface area contributed by atoms with Crippen molar-refractivity contribution in [2.45, 2.75) is 0 Å². The lowest BCUT2D eigenvalue weighted by Crippen LogP contribution is -2.17. The Morgan fingerprint density at radius 1 is 1.29 bits per heavy atom. The van der Waals surface area contributed by atoms with E-state index in [2.05, 4.69) is 10.3 Å². The Morgan fingerprint density at radius 3 is 2.71 bits per heavy atom. The minimum Gasteiger partial charge on any atom is -0.480 e. The molecule has 0 saturated carbocycles. The summed E-state index contributed by atoms with van der Waals surface area (Å²) in [6.45, 7) is 0. The van der Waals surface area contributed by atoms with Crippen LogP contribution in [0.5, 0.6) is 5.88 Å². The van der Waals surface area contributed by atoms with E-state index in [0.29, 0.717) is 0 Å². The minimum absolute atomic E-state index is 0.0864. The number of carbonyl (C=O) groups excluding carboxylic acids is 1. The van der Waals surface area contributed by atoms with Crippen LogP contribution < -0.4 is 10.1 Å². The summed E-state index contributed by atoms with van der Waals surface area (Å²) in [5.74, 6) is -2.96. The number of carbonyl (C=O) groups is 2. The number of hydrogen-bond acceptors (Lipinski definition) is 4. The first-order chi connectivity index (χ1) is 10.0. The second-order valence-electron chi connectivity index (χ2n) is 3.98. The van der Waals surface area contributed by atoms with Crippen LogP contribution in [0.25, 0.3) is 0 Å². The van der Waals surface area contributed by atoms with Gasteiger partial charge in [-0.05, 0) is 24.3 Å². The van der Waals surface area contributed by atoms with Crippen molar-refractivity contribution in [2.24, 2.45) is 0 Å². The number of aromatic nitrogens is 1. The molecule has 0 unspecified atom stereocenters. The Balaban J connectivity index is 2.37. The van der Waals surface area contributed by atoms with Gasteiger partial charge in [0.05, 0.1) is 12.8 Å². The zero-order chi connectivity index (χ0) is 15.4. The molecule has 0 spiro atoms. The summed E-state index contributed by atoms with van der Waals surface area (Å²) in [7, 11) is 1.35. The normalized spacial score (nSPS) is 10.0. The summed E-state index contributed by atoms with van der Waals surface area (Å²) in [4.78, 5) is 27.1. The molecule has 2 rings (SSSR count). The number of carboxylic acids is 1. The largest absolute Gasteiger partial charge is 0.480 e. The maximum Gasteiger partial charge on any atom is 0.340 e. The molecule has 108 valence electrons. The van der Waals surface area contributed by atoms with Gasteiger partial charge in [-0.25, -0.2) is 14.2 Å². The highest BCUT2D eigenvalue weighted by molar-refractivity contribution is 6.08. The number of rotatable bonds is 4. The molecule has 7 heteroatoms. The molecular weight excluding hydrogens is 279 g/mol. The second-order valence-corrected chi connectivity index (χ2v) is 3.98. The van der Waals surface area contributed by atoms with Gasteiger partial charge < -0.3 is 15.2 Å². The molecule has 0 bridgehead atoms. The molecule has 0 radical (unpaired) electrons. The van der Waals surface area contributed by atoms with Crippen LogP contribution in [-0.4, -0.2) is 29.1 Å². The number of hydrogen-bond donors (Lipinski definition) is 2. The smallest absolute Gasteiger partial charge is 0.340 e. The molecule has 0 aliphatic heterocycles. The Kier molecular flexibility index (Phi) is 4.13. The van der Waals surface area contributed by atoms with Crippen molar-refractivity contribution < 1.29 is 23.8 Å². The summed E-state index contributed by atoms with van der Waals surface area (Å²) in [5.41, 5.74) is -0.632. The van der Waals surface area contributed by atoms with E-state index in [9.17, 15) is 14.0 Å². The molecule has 0 aliphatic carbocycles. The van der Waals surface area contributed by atoms with Crippen LogP contribution in [0.2, 0.25) is 0 Å². The monoisotopic (exact) mass is 290 g/mol. The number of methoxy groups -OCH3 is 1. The number of halogens is 1. The highest BCUT2D eigenvalue weighted by Crippen LogP contribution is 2.21. The second kappa shape index (κ2) is 6.00. The van der Waals surface area contributed by atoms with Gasteiger partial charge in [0, 0.05) is 6.20 Å². The Hall–Kier alpha value is -2.96. The average molecular weight is 290 g/mol. The fourth-order valence-electron chi connectivity index (χ4n) is 1.76. The average Bonchev–Trinajstić information content (AvgIpc) is 2.46. The van der Waals surface area contributed by atoms with Crippen LogP contribution in [0.3, 0.4) is 0 Å². The molecule has 6 nitrogen and oxygen atoms in total. The molecule has 0 aliphatic rings. The number of nitrogens with zero attached hydrogens (tertiary/aromatic N) is 1. The number of carboxylic acid groups (broad SMARTS) is 1. The zero-order valence-electron chi connectivity index (χ0n) is 11.0. The lowest BCUT2D eigenvalue weighted by atomic mass is 10.1. The van der Waals surface area contributed by atoms with Gasteiger partial charge in [-0.3, -0.25) is 4.79 Å². The van der Waals surface area contributed by atoms with Crippen molar-refractivity contribution in [1.29, 1.82) is 0 Å². The lowest BCUT2D eigenvalue weighted by molar-refractivity contribution is 0.0693. The molecular formula is C14H11FN2O4. The first-order valence-corrected chi connectivity index (χ1v) is 5.86. The third-order valence-electron chi connectivity index (χ3n) is 2.68. The van der Waals surface area contributed by atoms with E-state index >= 15 is 0 Å². The molecule has 1 heterocycles. The Morgan fingerprint density at radius 2 is 2.05 bits per heavy atom. The molecule has 2 N–H and O–H groups in total. The van der Waals surface area contributed by atoms with Gasteiger partial charge in [-0.2, -0.15) is 0 Å². The number of ether oxygens (including phenoxy) is 1. The van der Waals surface area contributed by atoms with Crippen LogP contribution in [0.1, 0.15) is 20.7 Å². The van der Waals surface area contributed by atoms with E-state index in [4.69, 9.17) is 9.84 Å². The van der Waals surface area contributed by atoms with E-state index in [1.165, 1.54) is 37.6 Å². The van der Waals surface area contributed by atoms with Crippen LogP contribution >= 0.6 is 0 Å². The highest BCUT2D eigenvalue weighted by atomic mass is 19.1. The number of anilines is 1. The first kappa shape index (κ1) is 14.4. The summed E-state index contributed by atoms with van der Waals surface area (Å²) < 4.78 is 18.5. The summed E-state index contributed by atoms with van der Waals surface area (Å²) >= 11 is 0. The topological polar surface area (TPSA) is 88.5 Å². The third kappa shape index (κ3) is 2.97. The summed E-state index contributed by atoms with van der Waals surface area (Å²) in [6, 6.07) is 6.59. The maximum atomic E-state index is 13.5. The van der Waals surface area contributed by atoms with Crippen molar-refractivity contribution >= 4 is 17.6 Å².